The average molecular weight is 339 g/mol. The molecule has 0 bridgehead atoms. The van der Waals surface area contributed by atoms with E-state index >= 15 is 0 Å². The van der Waals surface area contributed by atoms with E-state index in [0.29, 0.717) is 23.8 Å². The van der Waals surface area contributed by atoms with Gasteiger partial charge < -0.3 is 14.0 Å². The molecule has 3 heterocycles. The van der Waals surface area contributed by atoms with Gasteiger partial charge >= 0.3 is 0 Å². The molecule has 7 heteroatoms. The van der Waals surface area contributed by atoms with Gasteiger partial charge in [-0.05, 0) is 38.0 Å². The van der Waals surface area contributed by atoms with Crippen molar-refractivity contribution in [2.75, 3.05) is 13.1 Å². The molecule has 1 fully saturated rings. The van der Waals surface area contributed by atoms with Crippen molar-refractivity contribution in [1.82, 2.24) is 24.6 Å². The fourth-order valence-electron chi connectivity index (χ4n) is 3.49. The van der Waals surface area contributed by atoms with Crippen LogP contribution in [0.25, 0.3) is 11.0 Å². The zero-order valence-electron chi connectivity index (χ0n) is 14.7. The maximum atomic E-state index is 12.9. The summed E-state index contributed by atoms with van der Waals surface area (Å²) in [5, 5.41) is 4.02. The van der Waals surface area contributed by atoms with E-state index in [1.807, 2.05) is 41.6 Å². The van der Waals surface area contributed by atoms with Crippen molar-refractivity contribution < 1.29 is 9.32 Å². The molecule has 7 nitrogen and oxygen atoms in total. The summed E-state index contributed by atoms with van der Waals surface area (Å²) in [6, 6.07) is 5.73. The van der Waals surface area contributed by atoms with Crippen LogP contribution in [0.4, 0.5) is 0 Å². The van der Waals surface area contributed by atoms with E-state index < -0.39 is 0 Å². The van der Waals surface area contributed by atoms with Gasteiger partial charge in [-0.15, -0.1) is 0 Å². The zero-order valence-corrected chi connectivity index (χ0v) is 14.7. The van der Waals surface area contributed by atoms with Crippen LogP contribution in [-0.4, -0.2) is 43.6 Å². The molecule has 0 N–H and O–H groups in total. The van der Waals surface area contributed by atoms with Crippen LogP contribution in [0.3, 0.4) is 0 Å². The standard InChI is InChI=1S/C18H21N5O2/c1-11-19-15-9-13(6-7-16(15)22(11)3)18(24)23-8-4-5-14(10-23)17-20-12(2)25-21-17/h6-7,9,14H,4-5,8,10H2,1-3H3. The second-order valence-corrected chi connectivity index (χ2v) is 6.68. The lowest BCUT2D eigenvalue weighted by molar-refractivity contribution is 0.0703. The molecule has 130 valence electrons. The normalized spacial score (nSPS) is 18.0. The predicted octanol–water partition coefficient (Wildman–Crippen LogP) is 2.59. The molecule has 3 aromatic rings. The molecule has 0 aliphatic carbocycles. The molecule has 1 aliphatic rings. The lowest BCUT2D eigenvalue weighted by Crippen LogP contribution is -2.39. The van der Waals surface area contributed by atoms with Crippen LogP contribution in [0.15, 0.2) is 22.7 Å². The number of benzene rings is 1. The third-order valence-corrected chi connectivity index (χ3v) is 4.97. The van der Waals surface area contributed by atoms with E-state index in [4.69, 9.17) is 4.52 Å². The summed E-state index contributed by atoms with van der Waals surface area (Å²) in [7, 11) is 1.98. The maximum Gasteiger partial charge on any atom is 0.253 e. The molecular formula is C18H21N5O2. The monoisotopic (exact) mass is 339 g/mol. The van der Waals surface area contributed by atoms with Crippen LogP contribution >= 0.6 is 0 Å². The van der Waals surface area contributed by atoms with Crippen molar-refractivity contribution in [2.45, 2.75) is 32.6 Å². The number of imidazole rings is 1. The molecule has 0 radical (unpaired) electrons. The number of carbonyl (C=O) groups excluding carboxylic acids is 1. The summed E-state index contributed by atoms with van der Waals surface area (Å²) in [6.45, 7) is 5.12. The van der Waals surface area contributed by atoms with Crippen molar-refractivity contribution in [3.63, 3.8) is 0 Å². The molecule has 1 aromatic carbocycles. The Morgan fingerprint density at radius 2 is 2.12 bits per heavy atom. The van der Waals surface area contributed by atoms with Crippen LogP contribution in [0.1, 0.15) is 46.7 Å². The number of carbonyl (C=O) groups is 1. The number of aromatic nitrogens is 4. The number of piperidine rings is 1. The quantitative estimate of drug-likeness (QED) is 0.717. The molecule has 1 atom stereocenters. The SMILES string of the molecule is Cc1nc(C2CCCN(C(=O)c3ccc4c(c3)nc(C)n4C)C2)no1. The average Bonchev–Trinajstić information content (AvgIpc) is 3.18. The molecule has 1 unspecified atom stereocenters. The summed E-state index contributed by atoms with van der Waals surface area (Å²) in [5.41, 5.74) is 2.57. The van der Waals surface area contributed by atoms with Crippen LogP contribution in [0.5, 0.6) is 0 Å². The third kappa shape index (κ3) is 2.79. The van der Waals surface area contributed by atoms with Gasteiger partial charge in [0.2, 0.25) is 5.89 Å². The van der Waals surface area contributed by atoms with Gasteiger partial charge in [0.05, 0.1) is 11.0 Å². The second-order valence-electron chi connectivity index (χ2n) is 6.68. The zero-order chi connectivity index (χ0) is 17.6. The van der Waals surface area contributed by atoms with Gasteiger partial charge in [0.25, 0.3) is 5.91 Å². The van der Waals surface area contributed by atoms with Crippen molar-refractivity contribution in [3.8, 4) is 0 Å². The number of rotatable bonds is 2. The Hall–Kier alpha value is -2.70. The number of nitrogens with zero attached hydrogens (tertiary/aromatic N) is 5. The van der Waals surface area contributed by atoms with E-state index in [0.717, 1.165) is 36.2 Å². The molecule has 1 amide bonds. The fourth-order valence-corrected chi connectivity index (χ4v) is 3.49. The lowest BCUT2D eigenvalue weighted by Gasteiger charge is -2.31. The van der Waals surface area contributed by atoms with Crippen molar-refractivity contribution in [2.24, 2.45) is 7.05 Å². The van der Waals surface area contributed by atoms with Gasteiger partial charge in [-0.3, -0.25) is 4.79 Å². The van der Waals surface area contributed by atoms with Gasteiger partial charge in [-0.2, -0.15) is 4.98 Å². The molecule has 0 spiro atoms. The molecule has 1 aliphatic heterocycles. The Morgan fingerprint density at radius 3 is 2.88 bits per heavy atom. The lowest BCUT2D eigenvalue weighted by atomic mass is 9.96. The van der Waals surface area contributed by atoms with Crippen LogP contribution in [0.2, 0.25) is 0 Å². The molecule has 2 aromatic heterocycles. The van der Waals surface area contributed by atoms with E-state index in [1.165, 1.54) is 0 Å². The van der Waals surface area contributed by atoms with E-state index in [2.05, 4.69) is 15.1 Å². The highest BCUT2D eigenvalue weighted by molar-refractivity contribution is 5.97. The molecule has 4 rings (SSSR count). The van der Waals surface area contributed by atoms with Gasteiger partial charge in [-0.25, -0.2) is 4.98 Å². The predicted molar refractivity (Wildman–Crippen MR) is 92.4 cm³/mol. The van der Waals surface area contributed by atoms with Crippen LogP contribution < -0.4 is 0 Å². The second kappa shape index (κ2) is 5.98. The van der Waals surface area contributed by atoms with Gasteiger partial charge in [-0.1, -0.05) is 5.16 Å². The topological polar surface area (TPSA) is 77.1 Å². The number of amides is 1. The Labute approximate surface area is 145 Å². The summed E-state index contributed by atoms with van der Waals surface area (Å²) < 4.78 is 7.11. The number of aryl methyl sites for hydroxylation is 3. The van der Waals surface area contributed by atoms with Gasteiger partial charge in [0, 0.05) is 38.5 Å². The first kappa shape index (κ1) is 15.8. The number of hydrogen-bond acceptors (Lipinski definition) is 5. The number of likely N-dealkylation sites (tertiary alicyclic amines) is 1. The molecule has 1 saturated heterocycles. The minimum absolute atomic E-state index is 0.0372. The third-order valence-electron chi connectivity index (χ3n) is 4.97. The van der Waals surface area contributed by atoms with Crippen molar-refractivity contribution in [1.29, 1.82) is 0 Å². The highest BCUT2D eigenvalue weighted by atomic mass is 16.5. The summed E-state index contributed by atoms with van der Waals surface area (Å²) >= 11 is 0. The Kier molecular flexibility index (Phi) is 3.78. The van der Waals surface area contributed by atoms with E-state index in [1.54, 1.807) is 6.92 Å². The first-order valence-corrected chi connectivity index (χ1v) is 8.55. The molecule has 25 heavy (non-hydrogen) atoms. The first-order valence-electron chi connectivity index (χ1n) is 8.55. The van der Waals surface area contributed by atoms with Gasteiger partial charge in [0.1, 0.15) is 5.82 Å². The van der Waals surface area contributed by atoms with E-state index in [9.17, 15) is 4.79 Å². The first-order chi connectivity index (χ1) is 12.0. The number of fused-ring (bicyclic) bond motifs is 1. The Bertz CT molecular complexity index is 942. The van der Waals surface area contributed by atoms with Crippen molar-refractivity contribution >= 4 is 16.9 Å². The summed E-state index contributed by atoms with van der Waals surface area (Å²) in [6.07, 6.45) is 1.91. The Morgan fingerprint density at radius 1 is 1.28 bits per heavy atom. The van der Waals surface area contributed by atoms with Gasteiger partial charge in [0.15, 0.2) is 5.82 Å². The minimum atomic E-state index is 0.0372. The number of hydrogen-bond donors (Lipinski definition) is 0. The van der Waals surface area contributed by atoms with Crippen LogP contribution in [-0.2, 0) is 7.05 Å². The largest absolute Gasteiger partial charge is 0.340 e. The highest BCUT2D eigenvalue weighted by Gasteiger charge is 2.28. The Balaban J connectivity index is 1.57. The summed E-state index contributed by atoms with van der Waals surface area (Å²) in [4.78, 5) is 23.7. The smallest absolute Gasteiger partial charge is 0.253 e. The van der Waals surface area contributed by atoms with Crippen molar-refractivity contribution in [3.05, 3.63) is 41.3 Å². The maximum absolute atomic E-state index is 12.9. The minimum Gasteiger partial charge on any atom is -0.340 e. The summed E-state index contributed by atoms with van der Waals surface area (Å²) in [5.74, 6) is 2.37. The van der Waals surface area contributed by atoms with Crippen LogP contribution in [0, 0.1) is 13.8 Å². The molecular weight excluding hydrogens is 318 g/mol. The fraction of sp³-hybridized carbons (Fsp3) is 0.444. The van der Waals surface area contributed by atoms with E-state index in [-0.39, 0.29) is 11.8 Å². The highest BCUT2D eigenvalue weighted by Crippen LogP contribution is 2.26. The molecule has 0 saturated carbocycles.